The maximum atomic E-state index is 12.3. The molecule has 0 atom stereocenters. The van der Waals surface area contributed by atoms with Crippen LogP contribution in [0.5, 0.6) is 0 Å². The summed E-state index contributed by atoms with van der Waals surface area (Å²) in [6.07, 6.45) is 0. The summed E-state index contributed by atoms with van der Waals surface area (Å²) >= 11 is 0. The van der Waals surface area contributed by atoms with E-state index in [2.05, 4.69) is 5.32 Å². The van der Waals surface area contributed by atoms with Crippen molar-refractivity contribution in [2.45, 2.75) is 31.7 Å². The first-order valence-corrected chi connectivity index (χ1v) is 7.17. The van der Waals surface area contributed by atoms with Gasteiger partial charge in [-0.3, -0.25) is 0 Å². The Balaban J connectivity index is 3.11. The van der Waals surface area contributed by atoms with Crippen LogP contribution >= 0.6 is 0 Å². The first-order valence-electron chi connectivity index (χ1n) is 5.73. The maximum Gasteiger partial charge on any atom is 0.243 e. The summed E-state index contributed by atoms with van der Waals surface area (Å²) in [6.45, 7) is 6.08. The Labute approximate surface area is 104 Å². The van der Waals surface area contributed by atoms with Crippen molar-refractivity contribution in [1.82, 2.24) is 4.31 Å². The fraction of sp³-hybridized carbons (Fsp3) is 0.500. The summed E-state index contributed by atoms with van der Waals surface area (Å²) < 4.78 is 26.1. The third kappa shape index (κ3) is 2.98. The molecule has 1 N–H and O–H groups in total. The molecule has 0 saturated carbocycles. The van der Waals surface area contributed by atoms with Gasteiger partial charge < -0.3 is 5.32 Å². The fourth-order valence-electron chi connectivity index (χ4n) is 1.74. The molecule has 96 valence electrons. The Morgan fingerprint density at radius 2 is 1.76 bits per heavy atom. The molecule has 0 aromatic heterocycles. The second-order valence-corrected chi connectivity index (χ2v) is 5.97. The van der Waals surface area contributed by atoms with Crippen LogP contribution in [0.2, 0.25) is 0 Å². The van der Waals surface area contributed by atoms with E-state index in [1.807, 2.05) is 20.8 Å². The zero-order valence-electron chi connectivity index (χ0n) is 10.8. The zero-order chi connectivity index (χ0) is 13.1. The van der Waals surface area contributed by atoms with E-state index in [1.54, 1.807) is 31.3 Å². The number of nitrogens with one attached hydrogen (secondary N) is 1. The van der Waals surface area contributed by atoms with Crippen LogP contribution < -0.4 is 5.32 Å². The monoisotopic (exact) mass is 256 g/mol. The maximum absolute atomic E-state index is 12.3. The van der Waals surface area contributed by atoms with E-state index in [9.17, 15) is 8.42 Å². The van der Waals surface area contributed by atoms with E-state index in [1.165, 1.54) is 4.31 Å². The van der Waals surface area contributed by atoms with Crippen LogP contribution in [0, 0.1) is 0 Å². The number of benzene rings is 1. The summed E-state index contributed by atoms with van der Waals surface area (Å²) in [7, 11) is -1.57. The molecule has 5 heteroatoms. The number of rotatable bonds is 5. The van der Waals surface area contributed by atoms with E-state index < -0.39 is 10.0 Å². The SMILES string of the molecule is CCN(C(C)C)S(=O)(=O)c1ccc(NC)cc1. The number of hydrogen-bond donors (Lipinski definition) is 1. The molecule has 1 aromatic carbocycles. The van der Waals surface area contributed by atoms with Gasteiger partial charge in [-0.2, -0.15) is 4.31 Å². The molecular formula is C12H20N2O2S. The summed E-state index contributed by atoms with van der Waals surface area (Å²) in [5, 5.41) is 2.96. The quantitative estimate of drug-likeness (QED) is 0.878. The van der Waals surface area contributed by atoms with Gasteiger partial charge in [0.15, 0.2) is 0 Å². The lowest BCUT2D eigenvalue weighted by atomic mass is 10.3. The number of anilines is 1. The Morgan fingerprint density at radius 1 is 1.24 bits per heavy atom. The summed E-state index contributed by atoms with van der Waals surface area (Å²) in [5.41, 5.74) is 0.900. The highest BCUT2D eigenvalue weighted by Crippen LogP contribution is 2.19. The van der Waals surface area contributed by atoms with E-state index >= 15 is 0 Å². The van der Waals surface area contributed by atoms with Gasteiger partial charge in [0.25, 0.3) is 0 Å². The number of nitrogens with zero attached hydrogens (tertiary/aromatic N) is 1. The van der Waals surface area contributed by atoms with E-state index in [-0.39, 0.29) is 6.04 Å². The Morgan fingerprint density at radius 3 is 2.12 bits per heavy atom. The van der Waals surface area contributed by atoms with Crippen molar-refractivity contribution in [1.29, 1.82) is 0 Å². The fourth-order valence-corrected chi connectivity index (χ4v) is 3.39. The van der Waals surface area contributed by atoms with Crippen molar-refractivity contribution < 1.29 is 8.42 Å². The average molecular weight is 256 g/mol. The van der Waals surface area contributed by atoms with Crippen molar-refractivity contribution in [2.75, 3.05) is 18.9 Å². The van der Waals surface area contributed by atoms with Crippen molar-refractivity contribution in [3.05, 3.63) is 24.3 Å². The molecule has 0 aliphatic carbocycles. The van der Waals surface area contributed by atoms with Crippen molar-refractivity contribution in [3.63, 3.8) is 0 Å². The van der Waals surface area contributed by atoms with Gasteiger partial charge in [-0.1, -0.05) is 6.92 Å². The average Bonchev–Trinajstić information content (AvgIpc) is 2.29. The largest absolute Gasteiger partial charge is 0.388 e. The van der Waals surface area contributed by atoms with Crippen molar-refractivity contribution in [2.24, 2.45) is 0 Å². The van der Waals surface area contributed by atoms with Crippen LogP contribution in [0.3, 0.4) is 0 Å². The van der Waals surface area contributed by atoms with Gasteiger partial charge in [-0.05, 0) is 38.1 Å². The van der Waals surface area contributed by atoms with Crippen molar-refractivity contribution >= 4 is 15.7 Å². The molecule has 1 rings (SSSR count). The van der Waals surface area contributed by atoms with Gasteiger partial charge >= 0.3 is 0 Å². The van der Waals surface area contributed by atoms with Gasteiger partial charge in [-0.15, -0.1) is 0 Å². The second-order valence-electron chi connectivity index (χ2n) is 4.08. The molecule has 4 nitrogen and oxygen atoms in total. The number of hydrogen-bond acceptors (Lipinski definition) is 3. The molecule has 0 spiro atoms. The first kappa shape index (κ1) is 14.0. The molecule has 1 aromatic rings. The third-order valence-electron chi connectivity index (χ3n) is 2.64. The van der Waals surface area contributed by atoms with Crippen LogP contribution in [0.15, 0.2) is 29.2 Å². The summed E-state index contributed by atoms with van der Waals surface area (Å²) in [6, 6.07) is 6.76. The molecule has 17 heavy (non-hydrogen) atoms. The number of sulfonamides is 1. The van der Waals surface area contributed by atoms with Crippen LogP contribution in [-0.4, -0.2) is 32.4 Å². The van der Waals surface area contributed by atoms with Gasteiger partial charge in [0.1, 0.15) is 0 Å². The summed E-state index contributed by atoms with van der Waals surface area (Å²) in [4.78, 5) is 0.340. The normalized spacial score (nSPS) is 12.1. The van der Waals surface area contributed by atoms with Crippen LogP contribution in [0.4, 0.5) is 5.69 Å². The van der Waals surface area contributed by atoms with E-state index in [4.69, 9.17) is 0 Å². The Kier molecular flexibility index (Phi) is 4.54. The highest BCUT2D eigenvalue weighted by atomic mass is 32.2. The predicted molar refractivity (Wildman–Crippen MR) is 70.7 cm³/mol. The Hall–Kier alpha value is -1.07. The molecular weight excluding hydrogens is 236 g/mol. The molecule has 0 unspecified atom stereocenters. The minimum Gasteiger partial charge on any atom is -0.388 e. The molecule has 0 fully saturated rings. The van der Waals surface area contributed by atoms with Gasteiger partial charge in [-0.25, -0.2) is 8.42 Å². The van der Waals surface area contributed by atoms with Gasteiger partial charge in [0, 0.05) is 25.3 Å². The van der Waals surface area contributed by atoms with E-state index in [0.29, 0.717) is 11.4 Å². The van der Waals surface area contributed by atoms with Crippen molar-refractivity contribution in [3.8, 4) is 0 Å². The topological polar surface area (TPSA) is 49.4 Å². The standard InChI is InChI=1S/C12H20N2O2S/c1-5-14(10(2)3)17(15,16)12-8-6-11(13-4)7-9-12/h6-10,13H,5H2,1-4H3. The van der Waals surface area contributed by atoms with Crippen LogP contribution in [-0.2, 0) is 10.0 Å². The van der Waals surface area contributed by atoms with E-state index in [0.717, 1.165) is 5.69 Å². The van der Waals surface area contributed by atoms with Crippen LogP contribution in [0.25, 0.3) is 0 Å². The van der Waals surface area contributed by atoms with Gasteiger partial charge in [0.2, 0.25) is 10.0 Å². The minimum atomic E-state index is -3.37. The molecule has 0 bridgehead atoms. The Bertz CT molecular complexity index is 452. The predicted octanol–water partition coefficient (Wildman–Crippen LogP) is 2.15. The third-order valence-corrected chi connectivity index (χ3v) is 4.80. The highest BCUT2D eigenvalue weighted by molar-refractivity contribution is 7.89. The molecule has 0 aliphatic heterocycles. The molecule has 0 radical (unpaired) electrons. The molecule has 0 saturated heterocycles. The van der Waals surface area contributed by atoms with Crippen LogP contribution in [0.1, 0.15) is 20.8 Å². The molecule has 0 aliphatic rings. The zero-order valence-corrected chi connectivity index (χ0v) is 11.6. The van der Waals surface area contributed by atoms with Gasteiger partial charge in [0.05, 0.1) is 4.90 Å². The molecule has 0 heterocycles. The lowest BCUT2D eigenvalue weighted by Crippen LogP contribution is -2.36. The molecule has 0 amide bonds. The lowest BCUT2D eigenvalue weighted by Gasteiger charge is -2.24. The highest BCUT2D eigenvalue weighted by Gasteiger charge is 2.25. The minimum absolute atomic E-state index is 0.0334. The smallest absolute Gasteiger partial charge is 0.243 e. The summed E-state index contributed by atoms with van der Waals surface area (Å²) in [5.74, 6) is 0. The first-order chi connectivity index (χ1) is 7.93. The second kappa shape index (κ2) is 5.51. The lowest BCUT2D eigenvalue weighted by molar-refractivity contribution is 0.369.